The van der Waals surface area contributed by atoms with E-state index in [-0.39, 0.29) is 6.61 Å². The van der Waals surface area contributed by atoms with Gasteiger partial charge in [-0.05, 0) is 38.5 Å². The average molecular weight is 288 g/mol. The van der Waals surface area contributed by atoms with Crippen molar-refractivity contribution in [2.45, 2.75) is 32.5 Å². The Morgan fingerprint density at radius 2 is 2.16 bits per heavy atom. The Labute approximate surface area is 117 Å². The summed E-state index contributed by atoms with van der Waals surface area (Å²) in [4.78, 5) is 16.5. The first-order valence-electron chi connectivity index (χ1n) is 5.83. The third-order valence-electron chi connectivity index (χ3n) is 2.07. The van der Waals surface area contributed by atoms with Crippen LogP contribution in [-0.4, -0.2) is 23.4 Å². The zero-order valence-corrected chi connectivity index (χ0v) is 11.9. The molecule has 0 bridgehead atoms. The molecular formula is C13H18ClNO4. The first kappa shape index (κ1) is 15.8. The van der Waals surface area contributed by atoms with E-state index >= 15 is 0 Å². The van der Waals surface area contributed by atoms with Crippen molar-refractivity contribution in [2.75, 3.05) is 6.61 Å². The number of hydrogen-bond acceptors (Lipinski definition) is 4. The van der Waals surface area contributed by atoms with Gasteiger partial charge < -0.3 is 9.84 Å². The minimum Gasteiger partial charge on any atom is -0.442 e. The minimum absolute atomic E-state index is 0.295. The molecule has 6 heteroatoms. The van der Waals surface area contributed by atoms with Crippen molar-refractivity contribution in [1.82, 2.24) is 5.48 Å². The third kappa shape index (κ3) is 5.92. The van der Waals surface area contributed by atoms with E-state index in [0.717, 1.165) is 0 Å². The van der Waals surface area contributed by atoms with Crippen LogP contribution in [0.5, 0.6) is 0 Å². The van der Waals surface area contributed by atoms with Crippen LogP contribution in [0.2, 0.25) is 5.02 Å². The maximum Gasteiger partial charge on any atom is 0.431 e. The van der Waals surface area contributed by atoms with Crippen molar-refractivity contribution in [1.29, 1.82) is 0 Å². The van der Waals surface area contributed by atoms with Gasteiger partial charge in [0.2, 0.25) is 0 Å². The molecule has 2 N–H and O–H groups in total. The molecule has 1 rings (SSSR count). The van der Waals surface area contributed by atoms with E-state index < -0.39 is 17.8 Å². The van der Waals surface area contributed by atoms with Crippen molar-refractivity contribution in [3.8, 4) is 0 Å². The zero-order chi connectivity index (χ0) is 14.5. The van der Waals surface area contributed by atoms with Crippen LogP contribution in [0.15, 0.2) is 24.3 Å². The molecule has 0 fully saturated rings. The van der Waals surface area contributed by atoms with Crippen LogP contribution in [0.4, 0.5) is 4.79 Å². The highest BCUT2D eigenvalue weighted by atomic mass is 35.5. The molecule has 0 heterocycles. The number of nitrogens with one attached hydrogen (secondary N) is 1. The van der Waals surface area contributed by atoms with Gasteiger partial charge in [0.15, 0.2) is 0 Å². The van der Waals surface area contributed by atoms with Gasteiger partial charge in [-0.15, -0.1) is 0 Å². The molecule has 106 valence electrons. The van der Waals surface area contributed by atoms with Gasteiger partial charge in [0, 0.05) is 5.02 Å². The standard InChI is InChI=1S/C13H18ClNO4/c1-13(2,3)18-12(17)15-19-11(8-16)9-5-4-6-10(14)7-9/h4-7,11,16H,8H2,1-3H3,(H,15,17). The number of rotatable bonds is 4. The Morgan fingerprint density at radius 1 is 1.47 bits per heavy atom. The maximum absolute atomic E-state index is 11.4. The van der Waals surface area contributed by atoms with Crippen LogP contribution in [0.3, 0.4) is 0 Å². The average Bonchev–Trinajstić information content (AvgIpc) is 2.27. The molecule has 0 aliphatic carbocycles. The van der Waals surface area contributed by atoms with Crippen LogP contribution in [0, 0.1) is 0 Å². The van der Waals surface area contributed by atoms with Crippen molar-refractivity contribution in [2.24, 2.45) is 0 Å². The summed E-state index contributed by atoms with van der Waals surface area (Å²) in [5.41, 5.74) is 2.19. The van der Waals surface area contributed by atoms with Crippen LogP contribution >= 0.6 is 11.6 Å². The highest BCUT2D eigenvalue weighted by molar-refractivity contribution is 6.30. The van der Waals surface area contributed by atoms with Gasteiger partial charge in [-0.3, -0.25) is 4.84 Å². The summed E-state index contributed by atoms with van der Waals surface area (Å²) in [6.07, 6.45) is -1.42. The van der Waals surface area contributed by atoms with Gasteiger partial charge in [0.05, 0.1) is 6.61 Å². The number of carbonyl (C=O) groups excluding carboxylic acids is 1. The first-order chi connectivity index (χ1) is 8.81. The molecule has 0 aliphatic heterocycles. The van der Waals surface area contributed by atoms with E-state index in [1.807, 2.05) is 0 Å². The Balaban J connectivity index is 2.56. The fraction of sp³-hybridized carbons (Fsp3) is 0.462. The summed E-state index contributed by atoms with van der Waals surface area (Å²) in [5.74, 6) is 0. The summed E-state index contributed by atoms with van der Waals surface area (Å²) in [6.45, 7) is 4.93. The van der Waals surface area contributed by atoms with E-state index in [2.05, 4.69) is 5.48 Å². The molecule has 19 heavy (non-hydrogen) atoms. The molecule has 0 aliphatic rings. The molecule has 5 nitrogen and oxygen atoms in total. The number of carbonyl (C=O) groups is 1. The van der Waals surface area contributed by atoms with Gasteiger partial charge in [0.25, 0.3) is 0 Å². The topological polar surface area (TPSA) is 67.8 Å². The Morgan fingerprint density at radius 3 is 2.68 bits per heavy atom. The summed E-state index contributed by atoms with van der Waals surface area (Å²) in [6, 6.07) is 6.83. The van der Waals surface area contributed by atoms with Crippen molar-refractivity contribution >= 4 is 17.7 Å². The van der Waals surface area contributed by atoms with Gasteiger partial charge in [-0.25, -0.2) is 4.79 Å². The number of halogens is 1. The third-order valence-corrected chi connectivity index (χ3v) is 2.30. The lowest BCUT2D eigenvalue weighted by Crippen LogP contribution is -2.34. The van der Waals surface area contributed by atoms with E-state index in [4.69, 9.17) is 21.2 Å². The SMILES string of the molecule is CC(C)(C)OC(=O)NOC(CO)c1cccc(Cl)c1. The van der Waals surface area contributed by atoms with Gasteiger partial charge in [-0.1, -0.05) is 23.7 Å². The summed E-state index contributed by atoms with van der Waals surface area (Å²) >= 11 is 5.85. The fourth-order valence-electron chi connectivity index (χ4n) is 1.34. The van der Waals surface area contributed by atoms with Crippen LogP contribution in [0.25, 0.3) is 0 Å². The quantitative estimate of drug-likeness (QED) is 0.836. The normalized spacial score (nSPS) is 12.9. The Hall–Kier alpha value is -1.30. The summed E-state index contributed by atoms with van der Waals surface area (Å²) in [5, 5.41) is 9.78. The van der Waals surface area contributed by atoms with Crippen molar-refractivity contribution in [3.05, 3.63) is 34.9 Å². The largest absolute Gasteiger partial charge is 0.442 e. The molecule has 0 spiro atoms. The monoisotopic (exact) mass is 287 g/mol. The molecule has 1 amide bonds. The van der Waals surface area contributed by atoms with Gasteiger partial charge in [0.1, 0.15) is 11.7 Å². The number of hydrogen-bond donors (Lipinski definition) is 2. The number of aliphatic hydroxyl groups excluding tert-OH is 1. The van der Waals surface area contributed by atoms with E-state index in [1.54, 1.807) is 45.0 Å². The van der Waals surface area contributed by atoms with Crippen LogP contribution in [0.1, 0.15) is 32.4 Å². The number of amides is 1. The van der Waals surface area contributed by atoms with E-state index in [1.165, 1.54) is 0 Å². The number of aliphatic hydroxyl groups is 1. The molecule has 0 radical (unpaired) electrons. The van der Waals surface area contributed by atoms with E-state index in [9.17, 15) is 9.90 Å². The zero-order valence-electron chi connectivity index (χ0n) is 11.1. The number of hydroxylamine groups is 1. The number of ether oxygens (including phenoxy) is 1. The molecule has 1 aromatic rings. The number of benzene rings is 1. The second-order valence-corrected chi connectivity index (χ2v) is 5.38. The predicted octanol–water partition coefficient (Wildman–Crippen LogP) is 2.83. The molecule has 1 aromatic carbocycles. The highest BCUT2D eigenvalue weighted by Crippen LogP contribution is 2.19. The molecule has 0 saturated carbocycles. The fourth-order valence-corrected chi connectivity index (χ4v) is 1.53. The molecule has 0 aromatic heterocycles. The minimum atomic E-state index is -0.715. The Bertz CT molecular complexity index is 431. The maximum atomic E-state index is 11.4. The second kappa shape index (κ2) is 6.75. The molecule has 0 saturated heterocycles. The summed E-state index contributed by atoms with van der Waals surface area (Å²) < 4.78 is 5.01. The van der Waals surface area contributed by atoms with Crippen molar-refractivity contribution < 1.29 is 19.5 Å². The predicted molar refractivity (Wildman–Crippen MR) is 71.7 cm³/mol. The Kier molecular flexibility index (Phi) is 5.60. The van der Waals surface area contributed by atoms with E-state index in [0.29, 0.717) is 10.6 Å². The van der Waals surface area contributed by atoms with Gasteiger partial charge in [-0.2, -0.15) is 5.48 Å². The molecule has 1 atom stereocenters. The lowest BCUT2D eigenvalue weighted by Gasteiger charge is -2.21. The molecule has 1 unspecified atom stereocenters. The van der Waals surface area contributed by atoms with Crippen LogP contribution in [-0.2, 0) is 9.57 Å². The van der Waals surface area contributed by atoms with Crippen LogP contribution < -0.4 is 5.48 Å². The second-order valence-electron chi connectivity index (χ2n) is 4.95. The van der Waals surface area contributed by atoms with Crippen molar-refractivity contribution in [3.63, 3.8) is 0 Å². The first-order valence-corrected chi connectivity index (χ1v) is 6.20. The lowest BCUT2D eigenvalue weighted by molar-refractivity contribution is -0.0610. The highest BCUT2D eigenvalue weighted by Gasteiger charge is 2.18. The molecular weight excluding hydrogens is 270 g/mol. The van der Waals surface area contributed by atoms with Gasteiger partial charge >= 0.3 is 6.09 Å². The summed E-state index contributed by atoms with van der Waals surface area (Å²) in [7, 11) is 0. The smallest absolute Gasteiger partial charge is 0.431 e. The lowest BCUT2D eigenvalue weighted by atomic mass is 10.1.